The summed E-state index contributed by atoms with van der Waals surface area (Å²) in [6.07, 6.45) is 3.98. The number of phosphoric ester groups is 1. The van der Waals surface area contributed by atoms with Gasteiger partial charge >= 0.3 is 7.82 Å². The Morgan fingerprint density at radius 1 is 1.16 bits per heavy atom. The summed E-state index contributed by atoms with van der Waals surface area (Å²) in [5, 5.41) is 4.15. The topological polar surface area (TPSA) is 125 Å². The molecule has 0 spiro atoms. The van der Waals surface area contributed by atoms with Gasteiger partial charge in [-0.25, -0.2) is 13.7 Å². The molecule has 32 heavy (non-hydrogen) atoms. The molecule has 0 saturated heterocycles. The van der Waals surface area contributed by atoms with Gasteiger partial charge in [0, 0.05) is 31.4 Å². The maximum atomic E-state index is 11.5. The van der Waals surface area contributed by atoms with Crippen molar-refractivity contribution in [2.45, 2.75) is 13.2 Å². The van der Waals surface area contributed by atoms with Crippen molar-refractivity contribution in [3.63, 3.8) is 0 Å². The molecule has 9 nitrogen and oxygen atoms in total. The van der Waals surface area contributed by atoms with E-state index in [2.05, 4.69) is 14.7 Å². The zero-order valence-corrected chi connectivity index (χ0v) is 18.2. The summed E-state index contributed by atoms with van der Waals surface area (Å²) < 4.78 is 27.8. The third-order valence-corrected chi connectivity index (χ3v) is 5.73. The maximum absolute atomic E-state index is 11.5. The second-order valence-corrected chi connectivity index (χ2v) is 8.52. The lowest BCUT2D eigenvalue weighted by Crippen LogP contribution is -2.38. The smallest absolute Gasteiger partial charge is 0.356 e. The fourth-order valence-electron chi connectivity index (χ4n) is 3.13. The Hall–Kier alpha value is -3.36. The minimum Gasteiger partial charge on any atom is -0.356 e. The van der Waals surface area contributed by atoms with Crippen LogP contribution in [0.4, 0.5) is 5.82 Å². The number of hydrogen-bond acceptors (Lipinski definition) is 7. The number of phosphoric acid groups is 1. The Morgan fingerprint density at radius 3 is 2.69 bits per heavy atom. The van der Waals surface area contributed by atoms with E-state index < -0.39 is 7.82 Å². The first-order chi connectivity index (χ1) is 15.4. The number of nitrogens with zero attached hydrogens (tertiary/aromatic N) is 3. The zero-order valence-electron chi connectivity index (χ0n) is 17.3. The summed E-state index contributed by atoms with van der Waals surface area (Å²) in [7, 11) is -3.03. The Labute approximate surface area is 184 Å². The summed E-state index contributed by atoms with van der Waals surface area (Å²) in [5.74, 6) is 0.780. The molecule has 164 valence electrons. The van der Waals surface area contributed by atoms with E-state index in [0.717, 1.165) is 29.6 Å². The van der Waals surface area contributed by atoms with Crippen LogP contribution >= 0.6 is 7.82 Å². The van der Waals surface area contributed by atoms with Gasteiger partial charge in [-0.2, -0.15) is 0 Å². The number of anilines is 1. The fraction of sp³-hybridized carbons (Fsp3) is 0.136. The molecule has 0 aliphatic carbocycles. The molecule has 0 radical (unpaired) electrons. The van der Waals surface area contributed by atoms with Crippen molar-refractivity contribution < 1.29 is 27.6 Å². The molecule has 0 amide bonds. The van der Waals surface area contributed by atoms with Crippen LogP contribution in [-0.2, 0) is 26.8 Å². The molecule has 1 aromatic carbocycles. The van der Waals surface area contributed by atoms with Gasteiger partial charge in [0.2, 0.25) is 6.73 Å². The van der Waals surface area contributed by atoms with Crippen LogP contribution < -0.4 is 10.3 Å². The average Bonchev–Trinajstić information content (AvgIpc) is 3.27. The van der Waals surface area contributed by atoms with Gasteiger partial charge in [0.05, 0.1) is 17.6 Å². The molecule has 3 heterocycles. The van der Waals surface area contributed by atoms with Crippen molar-refractivity contribution in [2.24, 2.45) is 0 Å². The lowest BCUT2D eigenvalue weighted by atomic mass is 10.0. The summed E-state index contributed by atoms with van der Waals surface area (Å²) in [5.41, 5.74) is 10.6. The number of nitrogen functional groups attached to an aromatic ring is 1. The Bertz CT molecular complexity index is 1240. The molecule has 1 unspecified atom stereocenters. The molecule has 1 atom stereocenters. The molecule has 10 heteroatoms. The van der Waals surface area contributed by atoms with Crippen molar-refractivity contribution in [1.82, 2.24) is 10.1 Å². The highest BCUT2D eigenvalue weighted by atomic mass is 31.2. The van der Waals surface area contributed by atoms with Crippen LogP contribution in [0.25, 0.3) is 22.6 Å². The van der Waals surface area contributed by atoms with Crippen LogP contribution in [-0.4, -0.2) is 22.1 Å². The first-order valence-corrected chi connectivity index (χ1v) is 11.2. The largest absolute Gasteiger partial charge is 0.475 e. The Kier molecular flexibility index (Phi) is 6.43. The van der Waals surface area contributed by atoms with Crippen LogP contribution in [0.1, 0.15) is 11.3 Å². The standard InChI is InChI=1S/C22H21N4O5P/c1-29-32(27,28)30-15-26-12-4-5-19(22(26)23)21-14-18(25-31-21)13-16-7-9-17(10-8-16)20-6-2-3-11-24-20/h2-12,14,23H,13,15H2,1H3,(H,27,28)/p+1. The van der Waals surface area contributed by atoms with Crippen LogP contribution in [0.5, 0.6) is 0 Å². The molecule has 3 N–H and O–H groups in total. The van der Waals surface area contributed by atoms with E-state index in [1.165, 1.54) is 4.57 Å². The lowest BCUT2D eigenvalue weighted by Gasteiger charge is -2.09. The van der Waals surface area contributed by atoms with E-state index in [1.54, 1.807) is 24.5 Å². The normalized spacial score (nSPS) is 13.1. The molecule has 0 aliphatic rings. The van der Waals surface area contributed by atoms with Gasteiger partial charge < -0.3 is 9.42 Å². The first kappa shape index (κ1) is 21.9. The molecular weight excluding hydrogens is 431 g/mol. The second kappa shape index (κ2) is 9.42. The summed E-state index contributed by atoms with van der Waals surface area (Å²) in [6.45, 7) is -0.259. The third kappa shape index (κ3) is 5.09. The average molecular weight is 453 g/mol. The predicted octanol–water partition coefficient (Wildman–Crippen LogP) is 3.59. The van der Waals surface area contributed by atoms with Crippen molar-refractivity contribution in [3.05, 3.63) is 84.3 Å². The molecular formula is C22H22N4O5P+. The first-order valence-electron chi connectivity index (χ1n) is 9.72. The van der Waals surface area contributed by atoms with Crippen LogP contribution in [0.3, 0.4) is 0 Å². The highest BCUT2D eigenvalue weighted by Gasteiger charge is 2.22. The number of pyridine rings is 2. The van der Waals surface area contributed by atoms with E-state index in [9.17, 15) is 9.46 Å². The second-order valence-electron chi connectivity index (χ2n) is 6.96. The number of rotatable bonds is 8. The minimum absolute atomic E-state index is 0.259. The minimum atomic E-state index is -4.12. The van der Waals surface area contributed by atoms with Gasteiger partial charge in [0.25, 0.3) is 5.82 Å². The molecule has 3 aromatic heterocycles. The quantitative estimate of drug-likeness (QED) is 0.306. The van der Waals surface area contributed by atoms with E-state index in [0.29, 0.717) is 23.6 Å². The summed E-state index contributed by atoms with van der Waals surface area (Å²) in [4.78, 5) is 13.8. The molecule has 4 rings (SSSR count). The number of aromatic nitrogens is 3. The third-order valence-electron chi connectivity index (χ3n) is 4.83. The highest BCUT2D eigenvalue weighted by Crippen LogP contribution is 2.41. The van der Waals surface area contributed by atoms with Gasteiger partial charge in [-0.3, -0.25) is 15.2 Å². The van der Waals surface area contributed by atoms with E-state index in [1.807, 2.05) is 48.5 Å². The van der Waals surface area contributed by atoms with Crippen molar-refractivity contribution in [1.29, 1.82) is 0 Å². The summed E-state index contributed by atoms with van der Waals surface area (Å²) in [6, 6.07) is 19.2. The SMILES string of the molecule is COP(=O)(O)OC[n+]1cccc(-c2cc(Cc3ccc(-c4ccccn4)cc3)no2)c1N. The molecule has 4 aromatic rings. The number of hydrogen-bond donors (Lipinski definition) is 2. The monoisotopic (exact) mass is 453 g/mol. The van der Waals surface area contributed by atoms with Gasteiger partial charge in [-0.1, -0.05) is 35.5 Å². The van der Waals surface area contributed by atoms with Crippen LogP contribution in [0.15, 0.2) is 77.6 Å². The van der Waals surface area contributed by atoms with E-state index >= 15 is 0 Å². The lowest BCUT2D eigenvalue weighted by molar-refractivity contribution is -0.711. The summed E-state index contributed by atoms with van der Waals surface area (Å²) >= 11 is 0. The number of nitrogens with two attached hydrogens (primary N) is 1. The van der Waals surface area contributed by atoms with Crippen molar-refractivity contribution in [2.75, 3.05) is 12.8 Å². The molecule has 0 fully saturated rings. The Balaban J connectivity index is 1.48. The van der Waals surface area contributed by atoms with Crippen molar-refractivity contribution >= 4 is 13.6 Å². The molecule has 0 aliphatic heterocycles. The van der Waals surface area contributed by atoms with Gasteiger partial charge in [-0.05, 0) is 29.8 Å². The van der Waals surface area contributed by atoms with Gasteiger partial charge in [0.15, 0.2) is 5.76 Å². The van der Waals surface area contributed by atoms with E-state index in [-0.39, 0.29) is 6.73 Å². The number of benzene rings is 1. The maximum Gasteiger partial charge on any atom is 0.475 e. The van der Waals surface area contributed by atoms with Gasteiger partial charge in [-0.15, -0.1) is 0 Å². The highest BCUT2D eigenvalue weighted by molar-refractivity contribution is 7.47. The zero-order chi connectivity index (χ0) is 22.6. The molecule has 0 saturated carbocycles. The van der Waals surface area contributed by atoms with Gasteiger partial charge in [0.1, 0.15) is 5.56 Å². The van der Waals surface area contributed by atoms with Crippen LogP contribution in [0.2, 0.25) is 0 Å². The van der Waals surface area contributed by atoms with Crippen molar-refractivity contribution in [3.8, 4) is 22.6 Å². The van der Waals surface area contributed by atoms with E-state index in [4.69, 9.17) is 14.8 Å². The predicted molar refractivity (Wildman–Crippen MR) is 117 cm³/mol. The Morgan fingerprint density at radius 2 is 1.97 bits per heavy atom. The molecule has 0 bridgehead atoms. The fourth-order valence-corrected chi connectivity index (χ4v) is 3.51. The van der Waals surface area contributed by atoms with Crippen LogP contribution in [0, 0.1) is 0 Å².